The number of nitrogens with zero attached hydrogens (tertiary/aromatic N) is 2. The Hall–Kier alpha value is -2.50. The predicted molar refractivity (Wildman–Crippen MR) is 69.5 cm³/mol. The van der Waals surface area contributed by atoms with Gasteiger partial charge >= 0.3 is 5.97 Å². The second-order valence-electron chi connectivity index (χ2n) is 4.07. The van der Waals surface area contributed by atoms with E-state index in [-0.39, 0.29) is 11.3 Å². The maximum Gasteiger partial charge on any atom is 0.328 e. The van der Waals surface area contributed by atoms with Crippen molar-refractivity contribution in [1.82, 2.24) is 9.55 Å². The van der Waals surface area contributed by atoms with Crippen molar-refractivity contribution in [2.24, 2.45) is 0 Å². The highest BCUT2D eigenvalue weighted by atomic mass is 19.1. The van der Waals surface area contributed by atoms with Gasteiger partial charge in [0.2, 0.25) is 0 Å². The van der Waals surface area contributed by atoms with Crippen LogP contribution in [0, 0.1) is 11.6 Å². The molecule has 0 saturated heterocycles. The summed E-state index contributed by atoms with van der Waals surface area (Å²) in [6.07, 6.45) is 5.44. The minimum atomic E-state index is -1.18. The summed E-state index contributed by atoms with van der Waals surface area (Å²) in [5, 5.41) is 8.50. The molecule has 104 valence electrons. The van der Waals surface area contributed by atoms with Crippen molar-refractivity contribution >= 4 is 12.0 Å². The lowest BCUT2D eigenvalue weighted by atomic mass is 10.1. The Labute approximate surface area is 114 Å². The Morgan fingerprint density at radius 3 is 2.60 bits per heavy atom. The van der Waals surface area contributed by atoms with Crippen LogP contribution in [0.2, 0.25) is 0 Å². The zero-order valence-electron chi connectivity index (χ0n) is 10.7. The summed E-state index contributed by atoms with van der Waals surface area (Å²) >= 11 is 0. The Morgan fingerprint density at radius 2 is 2.05 bits per heavy atom. The van der Waals surface area contributed by atoms with Gasteiger partial charge in [-0.15, -0.1) is 0 Å². The van der Waals surface area contributed by atoms with Gasteiger partial charge in [0.15, 0.2) is 11.6 Å². The summed E-state index contributed by atoms with van der Waals surface area (Å²) < 4.78 is 29.4. The molecule has 0 aliphatic heterocycles. The second kappa shape index (κ2) is 5.64. The van der Waals surface area contributed by atoms with Gasteiger partial charge in [0, 0.05) is 24.9 Å². The number of hydrogen-bond donors (Lipinski definition) is 1. The molecule has 0 aliphatic carbocycles. The summed E-state index contributed by atoms with van der Waals surface area (Å²) in [4.78, 5) is 14.4. The standard InChI is InChI=1S/C14H12F2N2O2/c1-2-12-17-5-6-18(12)14-10(15)7-9(8-11(14)16)3-4-13(19)20/h3-8H,2H2,1H3,(H,19,20). The van der Waals surface area contributed by atoms with E-state index in [0.717, 1.165) is 24.3 Å². The van der Waals surface area contributed by atoms with Gasteiger partial charge in [-0.1, -0.05) is 6.92 Å². The smallest absolute Gasteiger partial charge is 0.328 e. The van der Waals surface area contributed by atoms with Crippen molar-refractivity contribution in [3.8, 4) is 5.69 Å². The molecular weight excluding hydrogens is 266 g/mol. The molecule has 1 aromatic heterocycles. The highest BCUT2D eigenvalue weighted by Crippen LogP contribution is 2.22. The molecule has 2 aromatic rings. The van der Waals surface area contributed by atoms with Crippen LogP contribution in [0.15, 0.2) is 30.6 Å². The van der Waals surface area contributed by atoms with Gasteiger partial charge in [-0.05, 0) is 23.8 Å². The van der Waals surface area contributed by atoms with E-state index >= 15 is 0 Å². The van der Waals surface area contributed by atoms with Gasteiger partial charge in [-0.2, -0.15) is 0 Å². The normalized spacial score (nSPS) is 11.2. The average Bonchev–Trinajstić information content (AvgIpc) is 2.83. The van der Waals surface area contributed by atoms with Crippen molar-refractivity contribution < 1.29 is 18.7 Å². The van der Waals surface area contributed by atoms with Gasteiger partial charge in [-0.25, -0.2) is 18.6 Å². The summed E-state index contributed by atoms with van der Waals surface area (Å²) in [7, 11) is 0. The van der Waals surface area contributed by atoms with Crippen molar-refractivity contribution in [2.45, 2.75) is 13.3 Å². The quantitative estimate of drug-likeness (QED) is 0.875. The summed E-state index contributed by atoms with van der Waals surface area (Å²) in [5.41, 5.74) is -0.0730. The second-order valence-corrected chi connectivity index (χ2v) is 4.07. The maximum absolute atomic E-state index is 14.0. The first kappa shape index (κ1) is 13.9. The van der Waals surface area contributed by atoms with E-state index in [1.54, 1.807) is 0 Å². The first-order chi connectivity index (χ1) is 9.52. The number of carbonyl (C=O) groups is 1. The number of aryl methyl sites for hydroxylation is 1. The van der Waals surface area contributed by atoms with Gasteiger partial charge in [0.1, 0.15) is 11.5 Å². The molecule has 0 radical (unpaired) electrons. The van der Waals surface area contributed by atoms with Gasteiger partial charge in [-0.3, -0.25) is 4.57 Å². The topological polar surface area (TPSA) is 55.1 Å². The van der Waals surface area contributed by atoms with E-state index in [4.69, 9.17) is 5.11 Å². The van der Waals surface area contributed by atoms with Gasteiger partial charge < -0.3 is 5.11 Å². The number of carboxylic acid groups (broad SMARTS) is 1. The average molecular weight is 278 g/mol. The number of aliphatic carboxylic acids is 1. The number of imidazole rings is 1. The number of benzene rings is 1. The maximum atomic E-state index is 14.0. The van der Waals surface area contributed by atoms with E-state index < -0.39 is 17.6 Å². The number of halogens is 2. The van der Waals surface area contributed by atoms with Crippen LogP contribution in [-0.2, 0) is 11.2 Å². The molecule has 20 heavy (non-hydrogen) atoms. The molecule has 4 nitrogen and oxygen atoms in total. The van der Waals surface area contributed by atoms with Gasteiger partial charge in [0.25, 0.3) is 0 Å². The third-order valence-electron chi connectivity index (χ3n) is 2.73. The molecule has 0 fully saturated rings. The molecular formula is C14H12F2N2O2. The predicted octanol–water partition coefficient (Wildman–Crippen LogP) is 2.81. The van der Waals surface area contributed by atoms with Crippen LogP contribution in [0.1, 0.15) is 18.3 Å². The molecule has 1 aromatic carbocycles. The van der Waals surface area contributed by atoms with E-state index in [1.165, 1.54) is 17.0 Å². The zero-order valence-corrected chi connectivity index (χ0v) is 10.7. The fourth-order valence-electron chi connectivity index (χ4n) is 1.88. The fraction of sp³-hybridized carbons (Fsp3) is 0.143. The van der Waals surface area contributed by atoms with Crippen molar-refractivity contribution in [2.75, 3.05) is 0 Å². The first-order valence-corrected chi connectivity index (χ1v) is 5.95. The van der Waals surface area contributed by atoms with Crippen molar-refractivity contribution in [1.29, 1.82) is 0 Å². The van der Waals surface area contributed by atoms with Crippen LogP contribution in [0.5, 0.6) is 0 Å². The lowest BCUT2D eigenvalue weighted by molar-refractivity contribution is -0.131. The summed E-state index contributed by atoms with van der Waals surface area (Å²) in [5.74, 6) is -2.19. The fourth-order valence-corrected chi connectivity index (χ4v) is 1.88. The Balaban J connectivity index is 2.49. The molecule has 0 saturated carbocycles. The number of aromatic nitrogens is 2. The molecule has 0 unspecified atom stereocenters. The van der Waals surface area contributed by atoms with E-state index in [1.807, 2.05) is 6.92 Å². The van der Waals surface area contributed by atoms with E-state index in [9.17, 15) is 13.6 Å². The SMILES string of the molecule is CCc1nccn1-c1c(F)cc(C=CC(=O)O)cc1F. The zero-order chi connectivity index (χ0) is 14.7. The van der Waals surface area contributed by atoms with Crippen LogP contribution in [-0.4, -0.2) is 20.6 Å². The van der Waals surface area contributed by atoms with E-state index in [2.05, 4.69) is 4.98 Å². The molecule has 1 heterocycles. The van der Waals surface area contributed by atoms with Crippen LogP contribution >= 0.6 is 0 Å². The van der Waals surface area contributed by atoms with Crippen LogP contribution < -0.4 is 0 Å². The van der Waals surface area contributed by atoms with Crippen LogP contribution in [0.4, 0.5) is 8.78 Å². The molecule has 0 amide bonds. The van der Waals surface area contributed by atoms with Crippen LogP contribution in [0.25, 0.3) is 11.8 Å². The molecule has 0 spiro atoms. The molecule has 2 rings (SSSR count). The Morgan fingerprint density at radius 1 is 1.40 bits per heavy atom. The lowest BCUT2D eigenvalue weighted by Crippen LogP contribution is -2.05. The van der Waals surface area contributed by atoms with Crippen LogP contribution in [0.3, 0.4) is 0 Å². The lowest BCUT2D eigenvalue weighted by Gasteiger charge is -2.10. The number of rotatable bonds is 4. The summed E-state index contributed by atoms with van der Waals surface area (Å²) in [6.45, 7) is 1.83. The monoisotopic (exact) mass is 278 g/mol. The molecule has 1 N–H and O–H groups in total. The molecule has 0 atom stereocenters. The first-order valence-electron chi connectivity index (χ1n) is 5.95. The third kappa shape index (κ3) is 2.74. The minimum Gasteiger partial charge on any atom is -0.478 e. The number of carboxylic acids is 1. The molecule has 6 heteroatoms. The van der Waals surface area contributed by atoms with Gasteiger partial charge in [0.05, 0.1) is 0 Å². The number of hydrogen-bond acceptors (Lipinski definition) is 2. The highest BCUT2D eigenvalue weighted by Gasteiger charge is 2.14. The molecule has 0 bridgehead atoms. The minimum absolute atomic E-state index is 0.143. The van der Waals surface area contributed by atoms with E-state index in [0.29, 0.717) is 12.2 Å². The Kier molecular flexibility index (Phi) is 3.93. The molecule has 0 aliphatic rings. The largest absolute Gasteiger partial charge is 0.478 e. The van der Waals surface area contributed by atoms with Crippen molar-refractivity contribution in [3.05, 3.63) is 53.6 Å². The third-order valence-corrected chi connectivity index (χ3v) is 2.73. The Bertz CT molecular complexity index is 655. The summed E-state index contributed by atoms with van der Waals surface area (Å²) in [6, 6.07) is 2.16. The highest BCUT2D eigenvalue weighted by molar-refractivity contribution is 5.85. The van der Waals surface area contributed by atoms with Crippen molar-refractivity contribution in [3.63, 3.8) is 0 Å².